The highest BCUT2D eigenvalue weighted by Crippen LogP contribution is 2.36. The lowest BCUT2D eigenvalue weighted by molar-refractivity contribution is -1.00. The van der Waals surface area contributed by atoms with Crippen molar-refractivity contribution in [1.29, 1.82) is 0 Å². The first-order valence-corrected chi connectivity index (χ1v) is 13.9. The van der Waals surface area contributed by atoms with Crippen LogP contribution in [0.5, 0.6) is 5.75 Å². The van der Waals surface area contributed by atoms with Crippen molar-refractivity contribution < 1.29 is 24.1 Å². The van der Waals surface area contributed by atoms with Crippen LogP contribution in [0.1, 0.15) is 33.5 Å². The Morgan fingerprint density at radius 1 is 0.974 bits per heavy atom. The van der Waals surface area contributed by atoms with E-state index in [1.54, 1.807) is 32.9 Å². The molecule has 0 unspecified atom stereocenters. The molecule has 0 spiro atoms. The van der Waals surface area contributed by atoms with E-state index in [9.17, 15) is 9.59 Å². The summed E-state index contributed by atoms with van der Waals surface area (Å²) in [5.41, 5.74) is 4.38. The summed E-state index contributed by atoms with van der Waals surface area (Å²) >= 11 is 0. The average molecular weight is 527 g/mol. The highest BCUT2D eigenvalue weighted by Gasteiger charge is 2.30. The van der Waals surface area contributed by atoms with Crippen LogP contribution < -0.4 is 24.8 Å². The number of amides is 2. The minimum atomic E-state index is -0.194. The Labute approximate surface area is 230 Å². The van der Waals surface area contributed by atoms with Crippen molar-refractivity contribution in [2.75, 3.05) is 51.2 Å². The molecule has 0 aliphatic carbocycles. The van der Waals surface area contributed by atoms with Gasteiger partial charge in [-0.15, -0.1) is 0 Å². The Hall–Kier alpha value is -3.94. The molecule has 3 aromatic carbocycles. The van der Waals surface area contributed by atoms with Crippen LogP contribution in [0.15, 0.2) is 78.6 Å². The molecule has 2 aliphatic rings. The maximum absolute atomic E-state index is 13.5. The third-order valence-corrected chi connectivity index (χ3v) is 7.57. The first kappa shape index (κ1) is 26.7. The monoisotopic (exact) mass is 526 g/mol. The van der Waals surface area contributed by atoms with Crippen LogP contribution in [0.25, 0.3) is 6.08 Å². The summed E-state index contributed by atoms with van der Waals surface area (Å²) in [6.07, 6.45) is 2.72. The van der Waals surface area contributed by atoms with Crippen molar-refractivity contribution in [3.8, 4) is 5.75 Å². The number of likely N-dealkylation sites (N-methyl/N-ethyl adjacent to an activating group) is 1. The number of nitrogens with zero attached hydrogens (tertiary/aromatic N) is 1. The molecule has 0 aromatic heterocycles. The minimum absolute atomic E-state index is 0.0739. The second-order valence-corrected chi connectivity index (χ2v) is 10.6. The van der Waals surface area contributed by atoms with Gasteiger partial charge in [0.15, 0.2) is 11.5 Å². The first-order valence-electron chi connectivity index (χ1n) is 13.9. The minimum Gasteiger partial charge on any atom is -0.449 e. The molecular weight excluding hydrogens is 488 g/mol. The number of ether oxygens (including phenoxy) is 1. The molecule has 202 valence electrons. The van der Waals surface area contributed by atoms with Crippen LogP contribution in [0, 0.1) is 6.92 Å². The van der Waals surface area contributed by atoms with Gasteiger partial charge in [0.2, 0.25) is 0 Å². The van der Waals surface area contributed by atoms with E-state index in [-0.39, 0.29) is 17.6 Å². The molecule has 3 aromatic rings. The number of anilines is 1. The molecule has 7 heteroatoms. The van der Waals surface area contributed by atoms with Gasteiger partial charge in [-0.3, -0.25) is 14.5 Å². The third-order valence-electron chi connectivity index (χ3n) is 7.57. The Balaban J connectivity index is 1.21. The Bertz CT molecular complexity index is 1330. The van der Waals surface area contributed by atoms with Crippen molar-refractivity contribution in [2.45, 2.75) is 19.9 Å². The summed E-state index contributed by atoms with van der Waals surface area (Å²) in [6.45, 7) is 9.12. The number of carbonyl (C=O) groups is 2. The molecule has 2 heterocycles. The third kappa shape index (κ3) is 6.74. The molecule has 39 heavy (non-hydrogen) atoms. The van der Waals surface area contributed by atoms with Gasteiger partial charge in [-0.25, -0.2) is 0 Å². The predicted octanol–water partition coefficient (Wildman–Crippen LogP) is 1.49. The SMILES string of the molecule is Cc1ccc(CN2C(=O)C(=Cc3ccc(C(=O)NCCC[NH+]4CC[NH+](C)CC4)cc3)Oc3ccccc32)cc1. The number of fused-ring (bicyclic) bond motifs is 1. The summed E-state index contributed by atoms with van der Waals surface area (Å²) in [6, 6.07) is 23.1. The molecule has 2 amide bonds. The topological polar surface area (TPSA) is 67.5 Å². The smallest absolute Gasteiger partial charge is 0.294 e. The maximum Gasteiger partial charge on any atom is 0.294 e. The number of hydrogen-bond acceptors (Lipinski definition) is 3. The zero-order valence-electron chi connectivity index (χ0n) is 22.8. The molecule has 0 bridgehead atoms. The van der Waals surface area contributed by atoms with Crippen LogP contribution in [-0.2, 0) is 11.3 Å². The van der Waals surface area contributed by atoms with Gasteiger partial charge in [0.25, 0.3) is 11.8 Å². The predicted molar refractivity (Wildman–Crippen MR) is 153 cm³/mol. The summed E-state index contributed by atoms with van der Waals surface area (Å²) in [5.74, 6) is 0.632. The molecule has 0 radical (unpaired) electrons. The zero-order valence-corrected chi connectivity index (χ0v) is 22.8. The maximum atomic E-state index is 13.5. The van der Waals surface area contributed by atoms with Crippen LogP contribution >= 0.6 is 0 Å². The van der Waals surface area contributed by atoms with Crippen LogP contribution in [0.3, 0.4) is 0 Å². The lowest BCUT2D eigenvalue weighted by atomic mass is 10.1. The van der Waals surface area contributed by atoms with Crippen LogP contribution in [0.2, 0.25) is 0 Å². The van der Waals surface area contributed by atoms with E-state index in [0.29, 0.717) is 24.4 Å². The quantitative estimate of drug-likeness (QED) is 0.308. The van der Waals surface area contributed by atoms with Gasteiger partial charge in [-0.2, -0.15) is 0 Å². The number of rotatable bonds is 8. The van der Waals surface area contributed by atoms with E-state index in [2.05, 4.69) is 24.5 Å². The number of carbonyl (C=O) groups excluding carboxylic acids is 2. The van der Waals surface area contributed by atoms with Gasteiger partial charge in [0.1, 0.15) is 26.2 Å². The lowest BCUT2D eigenvalue weighted by Crippen LogP contribution is -3.27. The van der Waals surface area contributed by atoms with Gasteiger partial charge >= 0.3 is 0 Å². The van der Waals surface area contributed by atoms with Gasteiger partial charge in [-0.1, -0.05) is 54.1 Å². The zero-order chi connectivity index (χ0) is 27.2. The van der Waals surface area contributed by atoms with Crippen LogP contribution in [-0.4, -0.2) is 58.1 Å². The van der Waals surface area contributed by atoms with Crippen LogP contribution in [0.4, 0.5) is 5.69 Å². The summed E-state index contributed by atoms with van der Waals surface area (Å²) in [4.78, 5) is 31.1. The molecule has 3 N–H and O–H groups in total. The summed E-state index contributed by atoms with van der Waals surface area (Å²) in [5, 5.41) is 3.04. The molecule has 0 atom stereocenters. The fourth-order valence-corrected chi connectivity index (χ4v) is 5.10. The lowest BCUT2D eigenvalue weighted by Gasteiger charge is -2.30. The fraction of sp³-hybridized carbons (Fsp3) is 0.312. The van der Waals surface area contributed by atoms with Crippen molar-refractivity contribution in [1.82, 2.24) is 5.32 Å². The highest BCUT2D eigenvalue weighted by atomic mass is 16.5. The molecule has 2 aliphatic heterocycles. The first-order chi connectivity index (χ1) is 19.0. The Morgan fingerprint density at radius 2 is 1.69 bits per heavy atom. The Kier molecular flexibility index (Phi) is 8.39. The number of para-hydroxylation sites is 2. The van der Waals surface area contributed by atoms with Gasteiger partial charge in [-0.05, 0) is 48.4 Å². The number of hydrogen-bond donors (Lipinski definition) is 3. The van der Waals surface area contributed by atoms with Gasteiger partial charge < -0.3 is 19.9 Å². The van der Waals surface area contributed by atoms with Crippen molar-refractivity contribution >= 4 is 23.6 Å². The summed E-state index contributed by atoms with van der Waals surface area (Å²) in [7, 11) is 2.25. The van der Waals surface area contributed by atoms with Gasteiger partial charge in [0.05, 0.1) is 25.8 Å². The number of aryl methyl sites for hydroxylation is 1. The number of benzene rings is 3. The molecular formula is C32H38N4O3+2. The summed E-state index contributed by atoms with van der Waals surface area (Å²) < 4.78 is 6.02. The molecule has 1 fully saturated rings. The van der Waals surface area contributed by atoms with E-state index in [1.807, 2.05) is 55.5 Å². The standard InChI is InChI=1S/C32H36N4O3/c1-24-8-10-26(11-9-24)23-36-28-6-3-4-7-29(28)39-30(32(36)38)22-25-12-14-27(15-13-25)31(37)33-16-5-17-35-20-18-34(2)19-21-35/h3-4,6-15,22H,5,16-21,23H2,1-2H3,(H,33,37)/p+2. The largest absolute Gasteiger partial charge is 0.449 e. The number of nitrogens with one attached hydrogen (secondary N) is 3. The van der Waals surface area contributed by atoms with E-state index < -0.39 is 0 Å². The van der Waals surface area contributed by atoms with E-state index in [4.69, 9.17) is 4.74 Å². The highest BCUT2D eigenvalue weighted by molar-refractivity contribution is 6.09. The molecule has 0 saturated carbocycles. The molecule has 5 rings (SSSR count). The molecule has 1 saturated heterocycles. The number of piperazine rings is 1. The van der Waals surface area contributed by atoms with E-state index in [1.165, 1.54) is 31.7 Å². The second-order valence-electron chi connectivity index (χ2n) is 10.6. The van der Waals surface area contributed by atoms with Crippen molar-refractivity contribution in [3.63, 3.8) is 0 Å². The van der Waals surface area contributed by atoms with E-state index >= 15 is 0 Å². The second kappa shape index (κ2) is 12.3. The fourth-order valence-electron chi connectivity index (χ4n) is 5.10. The van der Waals surface area contributed by atoms with E-state index in [0.717, 1.165) is 29.8 Å². The van der Waals surface area contributed by atoms with Crippen molar-refractivity contribution in [3.05, 3.63) is 101 Å². The van der Waals surface area contributed by atoms with Crippen molar-refractivity contribution in [2.24, 2.45) is 0 Å². The normalized spacial score (nSPS) is 19.9. The Morgan fingerprint density at radius 3 is 2.44 bits per heavy atom. The average Bonchev–Trinajstić information content (AvgIpc) is 2.95. The van der Waals surface area contributed by atoms with Gasteiger partial charge in [0, 0.05) is 18.5 Å². The number of quaternary nitrogens is 2. The molecule has 7 nitrogen and oxygen atoms in total.